The van der Waals surface area contributed by atoms with E-state index in [0.29, 0.717) is 16.5 Å². The van der Waals surface area contributed by atoms with Gasteiger partial charge < -0.3 is 15.5 Å². The van der Waals surface area contributed by atoms with Gasteiger partial charge in [-0.3, -0.25) is 19.1 Å². The molecule has 13 nitrogen and oxygen atoms in total. The van der Waals surface area contributed by atoms with E-state index in [9.17, 15) is 43.1 Å². The van der Waals surface area contributed by atoms with E-state index in [0.717, 1.165) is 28.8 Å². The Morgan fingerprint density at radius 3 is 1.96 bits per heavy atom. The van der Waals surface area contributed by atoms with Crippen molar-refractivity contribution in [3.8, 4) is 0 Å². The number of hydrogen-bond acceptors (Lipinski definition) is 8. The Kier molecular flexibility index (Phi) is 9.33. The Morgan fingerprint density at radius 1 is 0.894 bits per heavy atom. The number of anilines is 1. The fourth-order valence-electron chi connectivity index (χ4n) is 5.55. The highest BCUT2D eigenvalue weighted by Crippen LogP contribution is 2.44. The third-order valence-electron chi connectivity index (χ3n) is 7.42. The number of carbonyl (C=O) groups is 3. The van der Waals surface area contributed by atoms with E-state index < -0.39 is 60.5 Å². The Bertz CT molecular complexity index is 1990. The normalized spacial score (nSPS) is 12.9. The van der Waals surface area contributed by atoms with Crippen LogP contribution >= 0.6 is 0 Å². The summed E-state index contributed by atoms with van der Waals surface area (Å²) in [7, 11) is -4.60. The lowest BCUT2D eigenvalue weighted by Crippen LogP contribution is -2.35. The lowest BCUT2D eigenvalue weighted by Gasteiger charge is -2.28. The van der Waals surface area contributed by atoms with Gasteiger partial charge in [0.15, 0.2) is 6.10 Å². The summed E-state index contributed by atoms with van der Waals surface area (Å²) in [5.74, 6) is -2.29. The number of amides is 1. The number of carbonyl (C=O) groups excluding carboxylic acids is 1. The largest absolute Gasteiger partial charge is 0.477 e. The molecule has 1 heterocycles. The lowest BCUT2D eigenvalue weighted by molar-refractivity contribution is -0.384. The summed E-state index contributed by atoms with van der Waals surface area (Å²) >= 11 is 0. The number of non-ortho nitro benzene ring substituents is 1. The SMILES string of the molecule is CC(C)(C)c1c(NC(=O)[C@@H](Cc2ccccc2)OS(=O)(=O)c2ccc([N+](=O)[O-])cc2)ccc2c1c(C(C)(C)C)c(C(=O)O)n2C(=O)O. The number of carboxylic acids is 1. The van der Waals surface area contributed by atoms with Gasteiger partial charge in [-0.15, -0.1) is 0 Å². The molecule has 0 aliphatic rings. The number of fused-ring (bicyclic) bond motifs is 1. The van der Waals surface area contributed by atoms with Gasteiger partial charge in [-0.05, 0) is 51.8 Å². The van der Waals surface area contributed by atoms with Crippen molar-refractivity contribution in [2.24, 2.45) is 0 Å². The van der Waals surface area contributed by atoms with E-state index in [1.54, 1.807) is 51.1 Å². The second kappa shape index (κ2) is 12.6. The number of aromatic carboxylic acids is 1. The van der Waals surface area contributed by atoms with Gasteiger partial charge in [0.1, 0.15) is 5.69 Å². The molecule has 4 rings (SSSR count). The second-order valence-corrected chi connectivity index (χ2v) is 14.6. The van der Waals surface area contributed by atoms with Crippen molar-refractivity contribution in [3.63, 3.8) is 0 Å². The van der Waals surface area contributed by atoms with Crippen molar-refractivity contribution in [2.75, 3.05) is 5.32 Å². The monoisotopic (exact) mass is 665 g/mol. The van der Waals surface area contributed by atoms with E-state index in [4.69, 9.17) is 4.18 Å². The van der Waals surface area contributed by atoms with Crippen LogP contribution in [-0.4, -0.2) is 52.2 Å². The number of rotatable bonds is 9. The molecule has 1 amide bonds. The Labute approximate surface area is 271 Å². The molecule has 0 saturated heterocycles. The summed E-state index contributed by atoms with van der Waals surface area (Å²) < 4.78 is 32.8. The van der Waals surface area contributed by atoms with E-state index in [2.05, 4.69) is 5.32 Å². The molecular formula is C33H35N3O10S. The van der Waals surface area contributed by atoms with Crippen LogP contribution in [0.5, 0.6) is 0 Å². The summed E-state index contributed by atoms with van der Waals surface area (Å²) in [6.07, 6.45) is -3.27. The number of benzene rings is 3. The maximum absolute atomic E-state index is 14.0. The molecule has 0 saturated carbocycles. The van der Waals surface area contributed by atoms with Crippen molar-refractivity contribution >= 4 is 50.4 Å². The standard InChI is InChI=1S/C33H35N3O10S/c1-32(2,3)26-22(16-17-23-25(26)27(33(4,5)6)28(30(38)39)35(23)31(40)41)34-29(37)24(18-19-10-8-7-9-11-19)46-47(44,45)21-14-12-20(13-15-21)36(42)43/h7-17,24H,18H2,1-6H3,(H,34,37)(H,38,39)(H,40,41)/t24-/m1/s1. The van der Waals surface area contributed by atoms with Gasteiger partial charge in [0.05, 0.1) is 15.3 Å². The van der Waals surface area contributed by atoms with Crippen molar-refractivity contribution in [1.29, 1.82) is 0 Å². The first-order valence-corrected chi connectivity index (χ1v) is 15.9. The molecule has 0 aliphatic carbocycles. The molecule has 1 atom stereocenters. The summed E-state index contributed by atoms with van der Waals surface area (Å²) in [5, 5.41) is 34.4. The maximum Gasteiger partial charge on any atom is 0.416 e. The highest BCUT2D eigenvalue weighted by atomic mass is 32.2. The van der Waals surface area contributed by atoms with Gasteiger partial charge in [-0.25, -0.2) is 14.2 Å². The fourth-order valence-corrected chi connectivity index (χ4v) is 6.59. The molecule has 0 unspecified atom stereocenters. The summed E-state index contributed by atoms with van der Waals surface area (Å²) in [5.41, 5.74) is -0.809. The molecule has 248 valence electrons. The minimum Gasteiger partial charge on any atom is -0.477 e. The Balaban J connectivity index is 1.88. The number of nitrogens with zero attached hydrogens (tertiary/aromatic N) is 2. The molecular weight excluding hydrogens is 630 g/mol. The van der Waals surface area contributed by atoms with Gasteiger partial charge in [0.25, 0.3) is 21.7 Å². The Hall–Kier alpha value is -5.08. The summed E-state index contributed by atoms with van der Waals surface area (Å²) in [6.45, 7) is 10.7. The number of nitro benzene ring substituents is 1. The van der Waals surface area contributed by atoms with Crippen LogP contribution in [0.3, 0.4) is 0 Å². The zero-order chi connectivity index (χ0) is 35.1. The fraction of sp³-hybridized carbons (Fsp3) is 0.303. The molecule has 3 N–H and O–H groups in total. The molecule has 0 aliphatic heterocycles. The van der Waals surface area contributed by atoms with Crippen LogP contribution < -0.4 is 5.32 Å². The van der Waals surface area contributed by atoms with Crippen LogP contribution in [0.15, 0.2) is 71.6 Å². The average Bonchev–Trinajstić information content (AvgIpc) is 3.33. The van der Waals surface area contributed by atoms with E-state index >= 15 is 0 Å². The molecule has 0 bridgehead atoms. The van der Waals surface area contributed by atoms with Crippen LogP contribution in [-0.2, 0) is 36.3 Å². The number of nitrogens with one attached hydrogen (secondary N) is 1. The minimum absolute atomic E-state index is 0.112. The molecule has 1 aromatic heterocycles. The van der Waals surface area contributed by atoms with Crippen molar-refractivity contribution < 1.29 is 42.1 Å². The number of carboxylic acid groups (broad SMARTS) is 2. The van der Waals surface area contributed by atoms with Crippen LogP contribution in [0.1, 0.15) is 68.7 Å². The first-order valence-electron chi connectivity index (χ1n) is 14.5. The quantitative estimate of drug-likeness (QED) is 0.103. The molecule has 3 aromatic carbocycles. The lowest BCUT2D eigenvalue weighted by atomic mass is 9.77. The molecule has 0 fully saturated rings. The van der Waals surface area contributed by atoms with Crippen LogP contribution in [0.25, 0.3) is 10.9 Å². The van der Waals surface area contributed by atoms with Gasteiger partial charge in [-0.2, -0.15) is 8.42 Å². The highest BCUT2D eigenvalue weighted by Gasteiger charge is 2.37. The smallest absolute Gasteiger partial charge is 0.416 e. The minimum atomic E-state index is -4.60. The first kappa shape index (κ1) is 34.8. The van der Waals surface area contributed by atoms with Crippen LogP contribution in [0.4, 0.5) is 16.2 Å². The zero-order valence-electron chi connectivity index (χ0n) is 26.6. The predicted octanol–water partition coefficient (Wildman–Crippen LogP) is 6.32. The van der Waals surface area contributed by atoms with Crippen LogP contribution in [0, 0.1) is 10.1 Å². The predicted molar refractivity (Wildman–Crippen MR) is 174 cm³/mol. The van der Waals surface area contributed by atoms with Gasteiger partial charge in [-0.1, -0.05) is 71.9 Å². The molecule has 0 spiro atoms. The molecule has 47 heavy (non-hydrogen) atoms. The van der Waals surface area contributed by atoms with E-state index in [1.807, 2.05) is 20.8 Å². The third kappa shape index (κ3) is 7.18. The summed E-state index contributed by atoms with van der Waals surface area (Å²) in [6, 6.07) is 15.4. The highest BCUT2D eigenvalue weighted by molar-refractivity contribution is 7.86. The second-order valence-electron chi connectivity index (χ2n) is 13.0. The van der Waals surface area contributed by atoms with Gasteiger partial charge >= 0.3 is 12.1 Å². The van der Waals surface area contributed by atoms with Crippen molar-refractivity contribution in [2.45, 2.75) is 69.8 Å². The Morgan fingerprint density at radius 2 is 1.47 bits per heavy atom. The zero-order valence-corrected chi connectivity index (χ0v) is 27.4. The van der Waals surface area contributed by atoms with Gasteiger partial charge in [0.2, 0.25) is 0 Å². The number of aromatic nitrogens is 1. The van der Waals surface area contributed by atoms with Crippen molar-refractivity contribution in [1.82, 2.24) is 4.57 Å². The van der Waals surface area contributed by atoms with Crippen molar-refractivity contribution in [3.05, 3.63) is 99.2 Å². The average molecular weight is 666 g/mol. The van der Waals surface area contributed by atoms with Gasteiger partial charge in [0, 0.05) is 29.6 Å². The maximum atomic E-state index is 14.0. The van der Waals surface area contributed by atoms with E-state index in [1.165, 1.54) is 12.1 Å². The van der Waals surface area contributed by atoms with E-state index in [-0.39, 0.29) is 28.9 Å². The molecule has 0 radical (unpaired) electrons. The molecule has 14 heteroatoms. The summed E-state index contributed by atoms with van der Waals surface area (Å²) in [4.78, 5) is 48.8. The first-order chi connectivity index (χ1) is 21.7. The third-order valence-corrected chi connectivity index (χ3v) is 8.76. The van der Waals surface area contributed by atoms with Crippen LogP contribution in [0.2, 0.25) is 0 Å². The molecule has 4 aromatic rings. The number of nitro groups is 1. The number of hydrogen-bond donors (Lipinski definition) is 3. The topological polar surface area (TPSA) is 195 Å².